The lowest BCUT2D eigenvalue weighted by Crippen LogP contribution is -2.27. The van der Waals surface area contributed by atoms with Gasteiger partial charge in [0, 0.05) is 23.7 Å². The number of aromatic nitrogens is 1. The van der Waals surface area contributed by atoms with Crippen LogP contribution in [0.1, 0.15) is 50.8 Å². The van der Waals surface area contributed by atoms with Crippen molar-refractivity contribution >= 4 is 11.3 Å². The number of hydrogen-bond acceptors (Lipinski definition) is 3. The summed E-state index contributed by atoms with van der Waals surface area (Å²) in [6.45, 7) is 5.80. The standard InChI is InChI=1S/C13H22N2S/c1-13(2)6-3-4-11(5-7-13)15-9-12-8-14-10-16-12/h8,10-11,15H,3-7,9H2,1-2H3. The molecule has 1 atom stereocenters. The van der Waals surface area contributed by atoms with Crippen LogP contribution in [0, 0.1) is 5.41 Å². The summed E-state index contributed by atoms with van der Waals surface area (Å²) < 4.78 is 0. The van der Waals surface area contributed by atoms with Gasteiger partial charge in [0.2, 0.25) is 0 Å². The number of thiazole rings is 1. The van der Waals surface area contributed by atoms with Crippen LogP contribution in [-0.2, 0) is 6.54 Å². The van der Waals surface area contributed by atoms with E-state index in [-0.39, 0.29) is 0 Å². The number of nitrogens with one attached hydrogen (secondary N) is 1. The maximum absolute atomic E-state index is 4.11. The second kappa shape index (κ2) is 5.28. The van der Waals surface area contributed by atoms with E-state index in [1.54, 1.807) is 11.3 Å². The number of rotatable bonds is 3. The van der Waals surface area contributed by atoms with E-state index in [9.17, 15) is 0 Å². The topological polar surface area (TPSA) is 24.9 Å². The van der Waals surface area contributed by atoms with Gasteiger partial charge in [0.05, 0.1) is 5.51 Å². The van der Waals surface area contributed by atoms with Crippen molar-refractivity contribution in [2.75, 3.05) is 0 Å². The molecule has 0 radical (unpaired) electrons. The van der Waals surface area contributed by atoms with Gasteiger partial charge in [-0.1, -0.05) is 20.3 Å². The lowest BCUT2D eigenvalue weighted by molar-refractivity contribution is 0.309. The number of hydrogen-bond donors (Lipinski definition) is 1. The largest absolute Gasteiger partial charge is 0.309 e. The molecule has 0 spiro atoms. The quantitative estimate of drug-likeness (QED) is 0.814. The molecule has 0 aliphatic heterocycles. The Morgan fingerprint density at radius 1 is 1.44 bits per heavy atom. The molecule has 0 aromatic carbocycles. The predicted octanol–water partition coefficient (Wildman–Crippen LogP) is 3.59. The summed E-state index contributed by atoms with van der Waals surface area (Å²) in [5.74, 6) is 0. The molecule has 16 heavy (non-hydrogen) atoms. The average molecular weight is 238 g/mol. The van der Waals surface area contributed by atoms with Gasteiger partial charge in [-0.05, 0) is 31.1 Å². The molecule has 1 aliphatic carbocycles. The van der Waals surface area contributed by atoms with Crippen LogP contribution < -0.4 is 5.32 Å². The normalized spacial score (nSPS) is 25.2. The fourth-order valence-electron chi connectivity index (χ4n) is 2.44. The van der Waals surface area contributed by atoms with Crippen molar-refractivity contribution in [1.29, 1.82) is 0 Å². The maximum atomic E-state index is 4.11. The fourth-order valence-corrected chi connectivity index (χ4v) is 2.99. The Morgan fingerprint density at radius 3 is 3.06 bits per heavy atom. The molecule has 2 nitrogen and oxygen atoms in total. The highest BCUT2D eigenvalue weighted by atomic mass is 32.1. The fraction of sp³-hybridized carbons (Fsp3) is 0.769. The first-order chi connectivity index (χ1) is 7.66. The Kier molecular flexibility index (Phi) is 3.98. The van der Waals surface area contributed by atoms with Gasteiger partial charge in [-0.3, -0.25) is 4.98 Å². The van der Waals surface area contributed by atoms with Gasteiger partial charge in [-0.2, -0.15) is 0 Å². The highest BCUT2D eigenvalue weighted by Gasteiger charge is 2.23. The Hall–Kier alpha value is -0.410. The van der Waals surface area contributed by atoms with Gasteiger partial charge < -0.3 is 5.32 Å². The zero-order valence-corrected chi connectivity index (χ0v) is 11.1. The van der Waals surface area contributed by atoms with Crippen LogP contribution >= 0.6 is 11.3 Å². The lowest BCUT2D eigenvalue weighted by atomic mass is 9.85. The molecule has 1 unspecified atom stereocenters. The Balaban J connectivity index is 1.78. The minimum Gasteiger partial charge on any atom is -0.309 e. The zero-order valence-electron chi connectivity index (χ0n) is 10.3. The van der Waals surface area contributed by atoms with E-state index in [1.165, 1.54) is 37.0 Å². The van der Waals surface area contributed by atoms with Crippen LogP contribution in [0.3, 0.4) is 0 Å². The van der Waals surface area contributed by atoms with Crippen LogP contribution in [0.4, 0.5) is 0 Å². The van der Waals surface area contributed by atoms with Crippen molar-refractivity contribution in [3.05, 3.63) is 16.6 Å². The monoisotopic (exact) mass is 238 g/mol. The van der Waals surface area contributed by atoms with Crippen LogP contribution in [0.5, 0.6) is 0 Å². The molecule has 3 heteroatoms. The summed E-state index contributed by atoms with van der Waals surface area (Å²) in [7, 11) is 0. The Labute approximate surface area is 102 Å². The van der Waals surface area contributed by atoms with Gasteiger partial charge in [-0.25, -0.2) is 0 Å². The van der Waals surface area contributed by atoms with E-state index < -0.39 is 0 Å². The molecule has 1 saturated carbocycles. The summed E-state index contributed by atoms with van der Waals surface area (Å²) >= 11 is 1.74. The first-order valence-electron chi connectivity index (χ1n) is 6.26. The SMILES string of the molecule is CC1(C)CCCC(NCc2cncs2)CC1. The van der Waals surface area contributed by atoms with E-state index in [0.29, 0.717) is 11.5 Å². The molecule has 2 rings (SSSR count). The maximum Gasteiger partial charge on any atom is 0.0794 e. The molecule has 1 N–H and O–H groups in total. The van der Waals surface area contributed by atoms with Gasteiger partial charge in [-0.15, -0.1) is 11.3 Å². The molecule has 0 amide bonds. The molecule has 1 heterocycles. The molecule has 1 aliphatic rings. The molecule has 1 fully saturated rings. The van der Waals surface area contributed by atoms with Gasteiger partial charge in [0.1, 0.15) is 0 Å². The van der Waals surface area contributed by atoms with Crippen molar-refractivity contribution in [3.63, 3.8) is 0 Å². The lowest BCUT2D eigenvalue weighted by Gasteiger charge is -2.22. The molecule has 90 valence electrons. The summed E-state index contributed by atoms with van der Waals surface area (Å²) in [6.07, 6.45) is 8.73. The van der Waals surface area contributed by atoms with E-state index in [0.717, 1.165) is 6.54 Å². The third-order valence-electron chi connectivity index (χ3n) is 3.62. The van der Waals surface area contributed by atoms with Crippen LogP contribution in [0.15, 0.2) is 11.7 Å². The van der Waals surface area contributed by atoms with E-state index in [2.05, 4.69) is 24.1 Å². The van der Waals surface area contributed by atoms with E-state index in [1.807, 2.05) is 11.7 Å². The summed E-state index contributed by atoms with van der Waals surface area (Å²) in [6, 6.07) is 0.712. The second-order valence-corrected chi connectivity index (χ2v) is 6.61. The third kappa shape index (κ3) is 3.56. The highest BCUT2D eigenvalue weighted by Crippen LogP contribution is 2.33. The first kappa shape index (κ1) is 12.1. The molecule has 0 bridgehead atoms. The predicted molar refractivity (Wildman–Crippen MR) is 69.6 cm³/mol. The zero-order chi connectivity index (χ0) is 11.4. The molecule has 0 saturated heterocycles. The van der Waals surface area contributed by atoms with E-state index in [4.69, 9.17) is 0 Å². The molecule has 1 aromatic heterocycles. The smallest absolute Gasteiger partial charge is 0.0794 e. The molecule has 1 aromatic rings. The van der Waals surface area contributed by atoms with Crippen molar-refractivity contribution < 1.29 is 0 Å². The van der Waals surface area contributed by atoms with Crippen LogP contribution in [0.25, 0.3) is 0 Å². The molecular formula is C13H22N2S. The average Bonchev–Trinajstić information content (AvgIpc) is 2.68. The first-order valence-corrected chi connectivity index (χ1v) is 7.14. The van der Waals surface area contributed by atoms with Crippen molar-refractivity contribution in [1.82, 2.24) is 10.3 Å². The Morgan fingerprint density at radius 2 is 2.31 bits per heavy atom. The highest BCUT2D eigenvalue weighted by molar-refractivity contribution is 7.09. The van der Waals surface area contributed by atoms with Gasteiger partial charge >= 0.3 is 0 Å². The molecular weight excluding hydrogens is 216 g/mol. The third-order valence-corrected chi connectivity index (χ3v) is 4.40. The minimum atomic E-state index is 0.556. The van der Waals surface area contributed by atoms with Crippen molar-refractivity contribution in [2.45, 2.75) is 58.5 Å². The van der Waals surface area contributed by atoms with Gasteiger partial charge in [0.25, 0.3) is 0 Å². The summed E-state index contributed by atoms with van der Waals surface area (Å²) in [4.78, 5) is 5.46. The van der Waals surface area contributed by atoms with Crippen LogP contribution in [-0.4, -0.2) is 11.0 Å². The second-order valence-electron chi connectivity index (χ2n) is 5.64. The van der Waals surface area contributed by atoms with Gasteiger partial charge in [0.15, 0.2) is 0 Å². The van der Waals surface area contributed by atoms with Crippen molar-refractivity contribution in [3.8, 4) is 0 Å². The van der Waals surface area contributed by atoms with Crippen LogP contribution in [0.2, 0.25) is 0 Å². The Bertz CT molecular complexity index is 306. The van der Waals surface area contributed by atoms with Crippen molar-refractivity contribution in [2.24, 2.45) is 5.41 Å². The van der Waals surface area contributed by atoms with E-state index >= 15 is 0 Å². The summed E-state index contributed by atoms with van der Waals surface area (Å²) in [5, 5.41) is 3.67. The number of nitrogens with zero attached hydrogens (tertiary/aromatic N) is 1. The minimum absolute atomic E-state index is 0.556. The summed E-state index contributed by atoms with van der Waals surface area (Å²) in [5.41, 5.74) is 2.47.